The highest BCUT2D eigenvalue weighted by Gasteiger charge is 2.28. The quantitative estimate of drug-likeness (QED) is 0.485. The van der Waals surface area contributed by atoms with E-state index in [0.29, 0.717) is 38.0 Å². The number of hydrogen-bond donors (Lipinski definition) is 1. The number of carbonyl (C=O) groups excluding carboxylic acids is 2. The molecule has 0 unspecified atom stereocenters. The molecule has 35 heavy (non-hydrogen) atoms. The van der Waals surface area contributed by atoms with Crippen LogP contribution in [0.2, 0.25) is 0 Å². The second kappa shape index (κ2) is 11.2. The van der Waals surface area contributed by atoms with Gasteiger partial charge in [0.2, 0.25) is 0 Å². The highest BCUT2D eigenvalue weighted by Crippen LogP contribution is 2.30. The first-order valence-electron chi connectivity index (χ1n) is 12.0. The van der Waals surface area contributed by atoms with Crippen molar-refractivity contribution in [3.8, 4) is 0 Å². The van der Waals surface area contributed by atoms with E-state index in [1.54, 1.807) is 4.90 Å². The van der Waals surface area contributed by atoms with Gasteiger partial charge >= 0.3 is 0 Å². The molecule has 2 heterocycles. The fourth-order valence-corrected chi connectivity index (χ4v) is 4.53. The molecule has 0 bridgehead atoms. The molecule has 1 aliphatic heterocycles. The van der Waals surface area contributed by atoms with E-state index in [4.69, 9.17) is 0 Å². The van der Waals surface area contributed by atoms with Crippen molar-refractivity contribution in [3.63, 3.8) is 0 Å². The van der Waals surface area contributed by atoms with Crippen LogP contribution in [0.1, 0.15) is 62.8 Å². The molecule has 0 saturated carbocycles. The van der Waals surface area contributed by atoms with E-state index >= 15 is 0 Å². The third-order valence-corrected chi connectivity index (χ3v) is 6.36. The molecular formula is C28H29F2N3O2. The Morgan fingerprint density at radius 1 is 1.00 bits per heavy atom. The van der Waals surface area contributed by atoms with Crippen LogP contribution in [0.4, 0.5) is 8.78 Å². The number of likely N-dealkylation sites (tertiary alicyclic amines) is 1. The molecule has 0 atom stereocenters. The number of hydrogen-bond acceptors (Lipinski definition) is 3. The largest absolute Gasteiger partial charge is 0.352 e. The Hall–Kier alpha value is -3.61. The second-order valence-electron chi connectivity index (χ2n) is 8.96. The van der Waals surface area contributed by atoms with E-state index in [9.17, 15) is 18.4 Å². The Morgan fingerprint density at radius 2 is 1.69 bits per heavy atom. The van der Waals surface area contributed by atoms with Crippen LogP contribution in [0.5, 0.6) is 0 Å². The first-order valence-corrected chi connectivity index (χ1v) is 12.0. The van der Waals surface area contributed by atoms with Gasteiger partial charge in [0.25, 0.3) is 11.8 Å². The summed E-state index contributed by atoms with van der Waals surface area (Å²) in [6, 6.07) is 16.7. The van der Waals surface area contributed by atoms with Crippen molar-refractivity contribution < 1.29 is 18.4 Å². The van der Waals surface area contributed by atoms with E-state index < -0.39 is 17.5 Å². The molecule has 1 fully saturated rings. The normalized spacial score (nSPS) is 14.1. The Morgan fingerprint density at radius 3 is 2.37 bits per heavy atom. The molecule has 0 spiro atoms. The van der Waals surface area contributed by atoms with Crippen molar-refractivity contribution >= 4 is 11.8 Å². The Bertz CT molecular complexity index is 1170. The Kier molecular flexibility index (Phi) is 7.85. The standard InChI is InChI=1S/C28H29F2N3O2/c1-19-9-10-25(27(34)31-13-5-8-20-6-3-2-4-7-20)26(32-19)21-11-14-33(15-12-21)28(35)22-16-23(29)18-24(30)17-22/h2-4,6-7,9-10,16-18,21H,5,8,11-15H2,1H3,(H,31,34). The van der Waals surface area contributed by atoms with Crippen LogP contribution >= 0.6 is 0 Å². The van der Waals surface area contributed by atoms with Crippen LogP contribution < -0.4 is 5.32 Å². The van der Waals surface area contributed by atoms with Gasteiger partial charge in [0.15, 0.2) is 0 Å². The molecule has 5 nitrogen and oxygen atoms in total. The van der Waals surface area contributed by atoms with Gasteiger partial charge in [-0.1, -0.05) is 30.3 Å². The highest BCUT2D eigenvalue weighted by atomic mass is 19.1. The van der Waals surface area contributed by atoms with Gasteiger partial charge in [0.1, 0.15) is 11.6 Å². The lowest BCUT2D eigenvalue weighted by Gasteiger charge is -2.32. The maximum Gasteiger partial charge on any atom is 0.254 e. The smallest absolute Gasteiger partial charge is 0.254 e. The van der Waals surface area contributed by atoms with Gasteiger partial charge in [0, 0.05) is 42.9 Å². The van der Waals surface area contributed by atoms with E-state index in [1.807, 2.05) is 37.3 Å². The first kappa shape index (κ1) is 24.5. The lowest BCUT2D eigenvalue weighted by atomic mass is 9.89. The monoisotopic (exact) mass is 477 g/mol. The van der Waals surface area contributed by atoms with Gasteiger partial charge in [-0.2, -0.15) is 0 Å². The maximum absolute atomic E-state index is 13.5. The predicted octanol–water partition coefficient (Wildman–Crippen LogP) is 5.05. The summed E-state index contributed by atoms with van der Waals surface area (Å²) in [6.45, 7) is 3.31. The molecule has 2 amide bonds. The molecule has 0 radical (unpaired) electrons. The van der Waals surface area contributed by atoms with Crippen molar-refractivity contribution in [2.24, 2.45) is 0 Å². The summed E-state index contributed by atoms with van der Waals surface area (Å²) in [4.78, 5) is 32.0. The predicted molar refractivity (Wildman–Crippen MR) is 130 cm³/mol. The van der Waals surface area contributed by atoms with Gasteiger partial charge in [-0.15, -0.1) is 0 Å². The lowest BCUT2D eigenvalue weighted by molar-refractivity contribution is 0.0709. The molecular weight excluding hydrogens is 448 g/mol. The summed E-state index contributed by atoms with van der Waals surface area (Å²) in [5.74, 6) is -2.06. The van der Waals surface area contributed by atoms with Gasteiger partial charge in [-0.3, -0.25) is 14.6 Å². The van der Waals surface area contributed by atoms with Crippen LogP contribution in [0.3, 0.4) is 0 Å². The lowest BCUT2D eigenvalue weighted by Crippen LogP contribution is -2.38. The topological polar surface area (TPSA) is 62.3 Å². The Labute approximate surface area is 204 Å². The molecule has 2 aromatic carbocycles. The molecule has 3 aromatic rings. The number of amides is 2. The summed E-state index contributed by atoms with van der Waals surface area (Å²) in [7, 11) is 0. The number of pyridine rings is 1. The van der Waals surface area contributed by atoms with E-state index in [-0.39, 0.29) is 17.4 Å². The molecule has 1 aromatic heterocycles. The minimum atomic E-state index is -0.772. The van der Waals surface area contributed by atoms with Crippen LogP contribution in [0, 0.1) is 18.6 Å². The van der Waals surface area contributed by atoms with Crippen molar-refractivity contribution in [2.45, 2.75) is 38.5 Å². The molecule has 7 heteroatoms. The maximum atomic E-state index is 13.5. The van der Waals surface area contributed by atoms with Gasteiger partial charge < -0.3 is 10.2 Å². The summed E-state index contributed by atoms with van der Waals surface area (Å²) in [5, 5.41) is 3.01. The minimum Gasteiger partial charge on any atom is -0.352 e. The molecule has 182 valence electrons. The van der Waals surface area contributed by atoms with Gasteiger partial charge in [-0.05, 0) is 62.4 Å². The average molecular weight is 478 g/mol. The van der Waals surface area contributed by atoms with Gasteiger partial charge in [-0.25, -0.2) is 8.78 Å². The number of aromatic nitrogens is 1. The van der Waals surface area contributed by atoms with E-state index in [2.05, 4.69) is 22.4 Å². The Balaban J connectivity index is 1.37. The number of benzene rings is 2. The van der Waals surface area contributed by atoms with Crippen molar-refractivity contribution in [3.05, 3.63) is 100 Å². The number of halogens is 2. The number of nitrogens with zero attached hydrogens (tertiary/aromatic N) is 2. The second-order valence-corrected chi connectivity index (χ2v) is 8.96. The van der Waals surface area contributed by atoms with Crippen LogP contribution in [0.15, 0.2) is 60.7 Å². The van der Waals surface area contributed by atoms with Crippen LogP contribution in [0.25, 0.3) is 0 Å². The third-order valence-electron chi connectivity index (χ3n) is 6.36. The first-order chi connectivity index (χ1) is 16.9. The number of aryl methyl sites for hydroxylation is 2. The molecule has 1 saturated heterocycles. The molecule has 1 aliphatic rings. The zero-order valence-corrected chi connectivity index (χ0v) is 19.8. The van der Waals surface area contributed by atoms with E-state index in [0.717, 1.165) is 42.4 Å². The van der Waals surface area contributed by atoms with Crippen molar-refractivity contribution in [1.82, 2.24) is 15.2 Å². The number of carbonyl (C=O) groups is 2. The van der Waals surface area contributed by atoms with Crippen LogP contribution in [-0.4, -0.2) is 41.3 Å². The van der Waals surface area contributed by atoms with Crippen molar-refractivity contribution in [1.29, 1.82) is 0 Å². The summed E-state index contributed by atoms with van der Waals surface area (Å²) < 4.78 is 27.1. The molecule has 4 rings (SSSR count). The SMILES string of the molecule is Cc1ccc(C(=O)NCCCc2ccccc2)c(C2CCN(C(=O)c3cc(F)cc(F)c3)CC2)n1. The summed E-state index contributed by atoms with van der Waals surface area (Å²) >= 11 is 0. The van der Waals surface area contributed by atoms with Crippen molar-refractivity contribution in [2.75, 3.05) is 19.6 Å². The number of piperidine rings is 1. The summed E-state index contributed by atoms with van der Waals surface area (Å²) in [6.07, 6.45) is 2.97. The minimum absolute atomic E-state index is 0.00481. The number of nitrogens with one attached hydrogen (secondary N) is 1. The fourth-order valence-electron chi connectivity index (χ4n) is 4.53. The molecule has 0 aliphatic carbocycles. The van der Waals surface area contributed by atoms with Gasteiger partial charge in [0.05, 0.1) is 11.3 Å². The summed E-state index contributed by atoms with van der Waals surface area (Å²) in [5.41, 5.74) is 3.38. The fraction of sp³-hybridized carbons (Fsp3) is 0.321. The highest BCUT2D eigenvalue weighted by molar-refractivity contribution is 5.96. The number of rotatable bonds is 7. The zero-order valence-electron chi connectivity index (χ0n) is 19.8. The zero-order chi connectivity index (χ0) is 24.8. The van der Waals surface area contributed by atoms with Crippen LogP contribution in [-0.2, 0) is 6.42 Å². The van der Waals surface area contributed by atoms with E-state index in [1.165, 1.54) is 5.56 Å². The third kappa shape index (κ3) is 6.29. The average Bonchev–Trinajstić information content (AvgIpc) is 2.86. The molecule has 1 N–H and O–H groups in total.